The molecule has 1 rings (SSSR count). The van der Waals surface area contributed by atoms with E-state index in [1.807, 2.05) is 0 Å². The Morgan fingerprint density at radius 3 is 2.60 bits per heavy atom. The molecule has 0 bridgehead atoms. The summed E-state index contributed by atoms with van der Waals surface area (Å²) in [4.78, 5) is 0. The summed E-state index contributed by atoms with van der Waals surface area (Å²) in [5, 5.41) is 3.45. The topological polar surface area (TPSA) is 38.0 Å². The van der Waals surface area contributed by atoms with Crippen LogP contribution in [0.25, 0.3) is 0 Å². The van der Waals surface area contributed by atoms with Crippen LogP contribution in [0, 0.1) is 11.8 Å². The Kier molecular flexibility index (Phi) is 2.69. The van der Waals surface area contributed by atoms with Gasteiger partial charge in [0.2, 0.25) is 0 Å². The lowest BCUT2D eigenvalue weighted by Crippen LogP contribution is -2.25. The van der Waals surface area contributed by atoms with Crippen LogP contribution >= 0.6 is 0 Å². The molecule has 2 nitrogen and oxygen atoms in total. The van der Waals surface area contributed by atoms with Gasteiger partial charge in [0.15, 0.2) is 0 Å². The Morgan fingerprint density at radius 1 is 1.50 bits per heavy atom. The standard InChI is InChI=1S/C8H18N2/c1-6-5-10-7(2)8(6)3-4-9/h6-8,10H,3-5,9H2,1-2H3. The first kappa shape index (κ1) is 8.02. The van der Waals surface area contributed by atoms with Crippen LogP contribution in [-0.4, -0.2) is 19.1 Å². The third-order valence-electron chi connectivity index (χ3n) is 2.63. The molecule has 0 aliphatic carbocycles. The average Bonchev–Trinajstić information content (AvgIpc) is 2.20. The van der Waals surface area contributed by atoms with Crippen LogP contribution in [0.2, 0.25) is 0 Å². The van der Waals surface area contributed by atoms with Gasteiger partial charge in [0.1, 0.15) is 0 Å². The van der Waals surface area contributed by atoms with Crippen molar-refractivity contribution in [2.75, 3.05) is 13.1 Å². The normalized spacial score (nSPS) is 40.5. The minimum Gasteiger partial charge on any atom is -0.330 e. The Balaban J connectivity index is 2.38. The number of hydrogen-bond donors (Lipinski definition) is 2. The van der Waals surface area contributed by atoms with Gasteiger partial charge in [0, 0.05) is 6.04 Å². The number of nitrogens with two attached hydrogens (primary N) is 1. The minimum absolute atomic E-state index is 0.679. The molecule has 1 fully saturated rings. The molecule has 1 aliphatic heterocycles. The van der Waals surface area contributed by atoms with Gasteiger partial charge in [-0.25, -0.2) is 0 Å². The summed E-state index contributed by atoms with van der Waals surface area (Å²) in [5.74, 6) is 1.63. The highest BCUT2D eigenvalue weighted by molar-refractivity contribution is 4.85. The van der Waals surface area contributed by atoms with Crippen LogP contribution in [0.15, 0.2) is 0 Å². The zero-order valence-electron chi connectivity index (χ0n) is 6.93. The second kappa shape index (κ2) is 3.35. The molecular formula is C8H18N2. The molecular weight excluding hydrogens is 124 g/mol. The smallest absolute Gasteiger partial charge is 0.00706 e. The van der Waals surface area contributed by atoms with Crippen molar-refractivity contribution in [3.8, 4) is 0 Å². The van der Waals surface area contributed by atoms with E-state index in [0.29, 0.717) is 6.04 Å². The molecule has 0 amide bonds. The molecule has 0 radical (unpaired) electrons. The highest BCUT2D eigenvalue weighted by Gasteiger charge is 2.28. The monoisotopic (exact) mass is 142 g/mol. The van der Waals surface area contributed by atoms with Crippen LogP contribution in [0.5, 0.6) is 0 Å². The second-order valence-electron chi connectivity index (χ2n) is 3.42. The van der Waals surface area contributed by atoms with Crippen molar-refractivity contribution in [3.63, 3.8) is 0 Å². The Labute approximate surface area is 63.2 Å². The summed E-state index contributed by atoms with van der Waals surface area (Å²) in [6, 6.07) is 0.679. The van der Waals surface area contributed by atoms with Gasteiger partial charge >= 0.3 is 0 Å². The van der Waals surface area contributed by atoms with E-state index in [4.69, 9.17) is 5.73 Å². The fraction of sp³-hybridized carbons (Fsp3) is 1.00. The fourth-order valence-corrected chi connectivity index (χ4v) is 1.89. The van der Waals surface area contributed by atoms with E-state index in [1.54, 1.807) is 0 Å². The Bertz CT molecular complexity index is 93.4. The van der Waals surface area contributed by atoms with E-state index < -0.39 is 0 Å². The second-order valence-corrected chi connectivity index (χ2v) is 3.42. The quantitative estimate of drug-likeness (QED) is 0.592. The molecule has 0 aromatic heterocycles. The van der Waals surface area contributed by atoms with Crippen LogP contribution < -0.4 is 11.1 Å². The summed E-state index contributed by atoms with van der Waals surface area (Å²) in [6.07, 6.45) is 1.18. The third kappa shape index (κ3) is 1.50. The molecule has 3 N–H and O–H groups in total. The SMILES string of the molecule is CC1CNC(C)C1CCN. The van der Waals surface area contributed by atoms with E-state index in [0.717, 1.165) is 18.4 Å². The van der Waals surface area contributed by atoms with Crippen LogP contribution in [0.3, 0.4) is 0 Å². The zero-order chi connectivity index (χ0) is 7.56. The maximum Gasteiger partial charge on any atom is 0.00706 e. The molecule has 0 spiro atoms. The van der Waals surface area contributed by atoms with E-state index >= 15 is 0 Å². The van der Waals surface area contributed by atoms with Crippen LogP contribution in [0.4, 0.5) is 0 Å². The van der Waals surface area contributed by atoms with Gasteiger partial charge in [0.25, 0.3) is 0 Å². The van der Waals surface area contributed by atoms with Gasteiger partial charge in [-0.3, -0.25) is 0 Å². The highest BCUT2D eigenvalue weighted by Crippen LogP contribution is 2.23. The first-order valence-corrected chi connectivity index (χ1v) is 4.19. The van der Waals surface area contributed by atoms with Crippen LogP contribution in [0.1, 0.15) is 20.3 Å². The molecule has 3 unspecified atom stereocenters. The predicted molar refractivity (Wildman–Crippen MR) is 43.8 cm³/mol. The van der Waals surface area contributed by atoms with Gasteiger partial charge < -0.3 is 11.1 Å². The first-order chi connectivity index (χ1) is 4.75. The van der Waals surface area contributed by atoms with Crippen molar-refractivity contribution >= 4 is 0 Å². The summed E-state index contributed by atoms with van der Waals surface area (Å²) >= 11 is 0. The number of rotatable bonds is 2. The molecule has 10 heavy (non-hydrogen) atoms. The van der Waals surface area contributed by atoms with Crippen molar-refractivity contribution in [1.82, 2.24) is 5.32 Å². The lowest BCUT2D eigenvalue weighted by molar-refractivity contribution is 0.376. The molecule has 0 saturated carbocycles. The number of nitrogens with one attached hydrogen (secondary N) is 1. The van der Waals surface area contributed by atoms with Crippen molar-refractivity contribution in [2.24, 2.45) is 17.6 Å². The fourth-order valence-electron chi connectivity index (χ4n) is 1.89. The molecule has 1 aliphatic rings. The first-order valence-electron chi connectivity index (χ1n) is 4.19. The van der Waals surface area contributed by atoms with Crippen LogP contribution in [-0.2, 0) is 0 Å². The maximum absolute atomic E-state index is 5.50. The lowest BCUT2D eigenvalue weighted by Gasteiger charge is -2.17. The minimum atomic E-state index is 0.679. The highest BCUT2D eigenvalue weighted by atomic mass is 15.0. The van der Waals surface area contributed by atoms with Crippen molar-refractivity contribution in [3.05, 3.63) is 0 Å². The largest absolute Gasteiger partial charge is 0.330 e. The van der Waals surface area contributed by atoms with E-state index in [2.05, 4.69) is 19.2 Å². The van der Waals surface area contributed by atoms with Crippen molar-refractivity contribution in [1.29, 1.82) is 0 Å². The van der Waals surface area contributed by atoms with E-state index in [1.165, 1.54) is 13.0 Å². The molecule has 3 atom stereocenters. The molecule has 1 heterocycles. The van der Waals surface area contributed by atoms with Gasteiger partial charge in [0.05, 0.1) is 0 Å². The van der Waals surface area contributed by atoms with E-state index in [-0.39, 0.29) is 0 Å². The van der Waals surface area contributed by atoms with E-state index in [9.17, 15) is 0 Å². The van der Waals surface area contributed by atoms with Gasteiger partial charge in [-0.05, 0) is 38.3 Å². The average molecular weight is 142 g/mol. The summed E-state index contributed by atoms with van der Waals surface area (Å²) in [6.45, 7) is 6.56. The summed E-state index contributed by atoms with van der Waals surface area (Å²) < 4.78 is 0. The Morgan fingerprint density at radius 2 is 2.20 bits per heavy atom. The predicted octanol–water partition coefficient (Wildman–Crippen LogP) is 0.579. The zero-order valence-corrected chi connectivity index (χ0v) is 6.93. The third-order valence-corrected chi connectivity index (χ3v) is 2.63. The summed E-state index contributed by atoms with van der Waals surface area (Å²) in [5.41, 5.74) is 5.50. The van der Waals surface area contributed by atoms with Gasteiger partial charge in [-0.15, -0.1) is 0 Å². The summed E-state index contributed by atoms with van der Waals surface area (Å²) in [7, 11) is 0. The van der Waals surface area contributed by atoms with Crippen molar-refractivity contribution in [2.45, 2.75) is 26.3 Å². The lowest BCUT2D eigenvalue weighted by atomic mass is 9.90. The Hall–Kier alpha value is -0.0800. The molecule has 0 aromatic carbocycles. The van der Waals surface area contributed by atoms with Crippen molar-refractivity contribution < 1.29 is 0 Å². The molecule has 0 aromatic rings. The maximum atomic E-state index is 5.50. The molecule has 1 saturated heterocycles. The molecule has 60 valence electrons. The van der Waals surface area contributed by atoms with Gasteiger partial charge in [-0.2, -0.15) is 0 Å². The van der Waals surface area contributed by atoms with Gasteiger partial charge in [-0.1, -0.05) is 6.92 Å². The molecule has 2 heteroatoms. The number of hydrogen-bond acceptors (Lipinski definition) is 2.